The van der Waals surface area contributed by atoms with Gasteiger partial charge in [0.15, 0.2) is 0 Å². The van der Waals surface area contributed by atoms with Crippen LogP contribution in [0.1, 0.15) is 52.5 Å². The monoisotopic (exact) mass is 305 g/mol. The second kappa shape index (κ2) is 9.50. The molecule has 1 atom stereocenters. The summed E-state index contributed by atoms with van der Waals surface area (Å²) in [6.45, 7) is 10.0. The van der Waals surface area contributed by atoms with Gasteiger partial charge in [-0.15, -0.1) is 0 Å². The van der Waals surface area contributed by atoms with Crippen LogP contribution in [0.3, 0.4) is 0 Å². The molecule has 0 saturated heterocycles. The van der Waals surface area contributed by atoms with Gasteiger partial charge in [-0.25, -0.2) is 0 Å². The molecule has 0 aliphatic carbocycles. The minimum Gasteiger partial charge on any atom is -0.497 e. The molecule has 1 unspecified atom stereocenters. The largest absolute Gasteiger partial charge is 0.497 e. The molecule has 0 N–H and O–H groups in total. The molecule has 0 aliphatic rings. The third-order valence-corrected chi connectivity index (χ3v) is 3.98. The van der Waals surface area contributed by atoms with E-state index in [1.165, 1.54) is 12.8 Å². The van der Waals surface area contributed by atoms with E-state index in [9.17, 15) is 4.79 Å². The Balaban J connectivity index is 2.46. The fraction of sp³-hybridized carbons (Fsp3) is 0.632. The van der Waals surface area contributed by atoms with Crippen LogP contribution in [0.4, 0.5) is 0 Å². The molecule has 124 valence electrons. The summed E-state index contributed by atoms with van der Waals surface area (Å²) in [6, 6.07) is 7.93. The fourth-order valence-corrected chi connectivity index (χ4v) is 2.85. The SMILES string of the molecule is COc1ccc(CN(CCCC(C)CC(C)C)C(C)=O)cc1. The van der Waals surface area contributed by atoms with Crippen LogP contribution in [0.2, 0.25) is 0 Å². The van der Waals surface area contributed by atoms with E-state index in [1.54, 1.807) is 14.0 Å². The second-order valence-corrected chi connectivity index (χ2v) is 6.67. The summed E-state index contributed by atoms with van der Waals surface area (Å²) in [5.41, 5.74) is 1.14. The Bertz CT molecular complexity index is 439. The lowest BCUT2D eigenvalue weighted by Gasteiger charge is -2.22. The van der Waals surface area contributed by atoms with E-state index in [0.29, 0.717) is 6.54 Å². The molecule has 0 aliphatic heterocycles. The molecule has 0 radical (unpaired) electrons. The summed E-state index contributed by atoms with van der Waals surface area (Å²) >= 11 is 0. The van der Waals surface area contributed by atoms with Crippen LogP contribution in [0.15, 0.2) is 24.3 Å². The average molecular weight is 305 g/mol. The highest BCUT2D eigenvalue weighted by Crippen LogP contribution is 2.17. The number of hydrogen-bond acceptors (Lipinski definition) is 2. The van der Waals surface area contributed by atoms with Crippen molar-refractivity contribution in [3.8, 4) is 5.75 Å². The summed E-state index contributed by atoms with van der Waals surface area (Å²) in [5.74, 6) is 2.47. The smallest absolute Gasteiger partial charge is 0.219 e. The molecule has 1 rings (SSSR count). The van der Waals surface area contributed by atoms with Crippen LogP contribution in [-0.2, 0) is 11.3 Å². The zero-order valence-corrected chi connectivity index (χ0v) is 14.8. The van der Waals surface area contributed by atoms with Crippen molar-refractivity contribution in [3.05, 3.63) is 29.8 Å². The van der Waals surface area contributed by atoms with Crippen LogP contribution in [-0.4, -0.2) is 24.5 Å². The van der Waals surface area contributed by atoms with Crippen molar-refractivity contribution in [2.45, 2.75) is 53.5 Å². The Labute approximate surface area is 135 Å². The first-order chi connectivity index (χ1) is 10.4. The molecule has 1 aromatic carbocycles. The molecule has 1 aromatic rings. The molecule has 0 heterocycles. The maximum atomic E-state index is 11.8. The minimum atomic E-state index is 0.146. The number of hydrogen-bond donors (Lipinski definition) is 0. The van der Waals surface area contributed by atoms with Crippen LogP contribution < -0.4 is 4.74 Å². The van der Waals surface area contributed by atoms with Crippen molar-refractivity contribution in [2.24, 2.45) is 11.8 Å². The number of carbonyl (C=O) groups excluding carboxylic acids is 1. The minimum absolute atomic E-state index is 0.146. The molecule has 1 amide bonds. The first-order valence-electron chi connectivity index (χ1n) is 8.30. The molecule has 0 bridgehead atoms. The van der Waals surface area contributed by atoms with Crippen molar-refractivity contribution in [3.63, 3.8) is 0 Å². The zero-order valence-electron chi connectivity index (χ0n) is 14.8. The summed E-state index contributed by atoms with van der Waals surface area (Å²) in [7, 11) is 1.66. The summed E-state index contributed by atoms with van der Waals surface area (Å²) in [6.07, 6.45) is 3.52. The van der Waals surface area contributed by atoms with Crippen molar-refractivity contribution in [1.29, 1.82) is 0 Å². The topological polar surface area (TPSA) is 29.5 Å². The van der Waals surface area contributed by atoms with E-state index in [0.717, 1.165) is 36.1 Å². The first kappa shape index (κ1) is 18.5. The maximum absolute atomic E-state index is 11.8. The maximum Gasteiger partial charge on any atom is 0.219 e. The van der Waals surface area contributed by atoms with Crippen LogP contribution in [0.5, 0.6) is 5.75 Å². The molecule has 0 fully saturated rings. The van der Waals surface area contributed by atoms with Gasteiger partial charge in [0.2, 0.25) is 5.91 Å². The molecule has 3 nitrogen and oxygen atoms in total. The highest BCUT2D eigenvalue weighted by Gasteiger charge is 2.11. The van der Waals surface area contributed by atoms with E-state index >= 15 is 0 Å². The Morgan fingerprint density at radius 3 is 2.32 bits per heavy atom. The molecular formula is C19H31NO2. The number of ether oxygens (including phenoxy) is 1. The van der Waals surface area contributed by atoms with E-state index in [2.05, 4.69) is 20.8 Å². The van der Waals surface area contributed by atoms with Crippen LogP contribution >= 0.6 is 0 Å². The van der Waals surface area contributed by atoms with E-state index in [4.69, 9.17) is 4.74 Å². The highest BCUT2D eigenvalue weighted by atomic mass is 16.5. The van der Waals surface area contributed by atoms with Crippen LogP contribution in [0, 0.1) is 11.8 Å². The zero-order chi connectivity index (χ0) is 16.5. The normalized spacial score (nSPS) is 12.3. The van der Waals surface area contributed by atoms with Crippen LogP contribution in [0.25, 0.3) is 0 Å². The van der Waals surface area contributed by atoms with Gasteiger partial charge in [0.1, 0.15) is 5.75 Å². The molecule has 0 saturated carbocycles. The molecule has 0 spiro atoms. The number of benzene rings is 1. The first-order valence-corrected chi connectivity index (χ1v) is 8.30. The lowest BCUT2D eigenvalue weighted by Crippen LogP contribution is -2.29. The van der Waals surface area contributed by atoms with Crippen molar-refractivity contribution in [2.75, 3.05) is 13.7 Å². The van der Waals surface area contributed by atoms with Gasteiger partial charge in [-0.05, 0) is 48.8 Å². The molecule has 0 aromatic heterocycles. The van der Waals surface area contributed by atoms with Gasteiger partial charge in [0, 0.05) is 20.0 Å². The quantitative estimate of drug-likeness (QED) is 0.672. The average Bonchev–Trinajstić information content (AvgIpc) is 2.46. The number of carbonyl (C=O) groups is 1. The number of amides is 1. The Kier molecular flexibility index (Phi) is 8.00. The van der Waals surface area contributed by atoms with Gasteiger partial charge >= 0.3 is 0 Å². The number of methoxy groups -OCH3 is 1. The van der Waals surface area contributed by atoms with E-state index in [1.807, 2.05) is 29.2 Å². The molecular weight excluding hydrogens is 274 g/mol. The lowest BCUT2D eigenvalue weighted by atomic mass is 9.94. The number of rotatable bonds is 9. The van der Waals surface area contributed by atoms with Crippen molar-refractivity contribution in [1.82, 2.24) is 4.90 Å². The van der Waals surface area contributed by atoms with Gasteiger partial charge in [0.05, 0.1) is 7.11 Å². The van der Waals surface area contributed by atoms with Gasteiger partial charge < -0.3 is 9.64 Å². The molecule has 3 heteroatoms. The fourth-order valence-electron chi connectivity index (χ4n) is 2.85. The standard InChI is InChI=1S/C19H31NO2/c1-15(2)13-16(3)7-6-12-20(17(4)21)14-18-8-10-19(22-5)11-9-18/h8-11,15-16H,6-7,12-14H2,1-5H3. The summed E-state index contributed by atoms with van der Waals surface area (Å²) < 4.78 is 5.16. The third-order valence-electron chi connectivity index (χ3n) is 3.98. The number of nitrogens with zero attached hydrogens (tertiary/aromatic N) is 1. The Morgan fingerprint density at radius 2 is 1.82 bits per heavy atom. The third kappa shape index (κ3) is 6.97. The van der Waals surface area contributed by atoms with Gasteiger partial charge in [-0.3, -0.25) is 4.79 Å². The summed E-state index contributed by atoms with van der Waals surface area (Å²) in [4.78, 5) is 13.8. The molecule has 22 heavy (non-hydrogen) atoms. The summed E-state index contributed by atoms with van der Waals surface area (Å²) in [5, 5.41) is 0. The van der Waals surface area contributed by atoms with Gasteiger partial charge in [-0.1, -0.05) is 32.9 Å². The van der Waals surface area contributed by atoms with E-state index in [-0.39, 0.29) is 5.91 Å². The Morgan fingerprint density at radius 1 is 1.18 bits per heavy atom. The second-order valence-electron chi connectivity index (χ2n) is 6.67. The van der Waals surface area contributed by atoms with E-state index < -0.39 is 0 Å². The van der Waals surface area contributed by atoms with Crippen molar-refractivity contribution >= 4 is 5.91 Å². The van der Waals surface area contributed by atoms with Gasteiger partial charge in [-0.2, -0.15) is 0 Å². The van der Waals surface area contributed by atoms with Gasteiger partial charge in [0.25, 0.3) is 0 Å². The predicted molar refractivity (Wildman–Crippen MR) is 91.9 cm³/mol. The van der Waals surface area contributed by atoms with Crippen molar-refractivity contribution < 1.29 is 9.53 Å². The lowest BCUT2D eigenvalue weighted by molar-refractivity contribution is -0.129. The highest BCUT2D eigenvalue weighted by molar-refractivity contribution is 5.73. The Hall–Kier alpha value is -1.51. The predicted octanol–water partition coefficient (Wildman–Crippen LogP) is 4.51.